The third-order valence-electron chi connectivity index (χ3n) is 4.75. The molecule has 0 saturated heterocycles. The quantitative estimate of drug-likeness (QED) is 0.793. The molecule has 108 valence electrons. The fraction of sp³-hybridized carbons (Fsp3) is 0.765. The Morgan fingerprint density at radius 2 is 1.95 bits per heavy atom. The molecule has 1 atom stereocenters. The molecule has 1 aliphatic rings. The molecule has 0 amide bonds. The second-order valence-corrected chi connectivity index (χ2v) is 8.21. The monoisotopic (exact) mass is 279 g/mol. The molecule has 1 fully saturated rings. The van der Waals surface area contributed by atoms with E-state index in [0.717, 1.165) is 11.8 Å². The van der Waals surface area contributed by atoms with Gasteiger partial charge in [-0.3, -0.25) is 0 Å². The Kier molecular flexibility index (Phi) is 5.08. The summed E-state index contributed by atoms with van der Waals surface area (Å²) in [7, 11) is 0. The van der Waals surface area contributed by atoms with Crippen LogP contribution >= 0.6 is 11.3 Å². The van der Waals surface area contributed by atoms with Gasteiger partial charge in [0.25, 0.3) is 0 Å². The Labute approximate surface area is 122 Å². The second kappa shape index (κ2) is 6.41. The lowest BCUT2D eigenvalue weighted by Crippen LogP contribution is -2.31. The molecule has 1 saturated carbocycles. The van der Waals surface area contributed by atoms with Crippen LogP contribution < -0.4 is 5.32 Å². The van der Waals surface area contributed by atoms with E-state index in [4.69, 9.17) is 0 Å². The van der Waals surface area contributed by atoms with Gasteiger partial charge in [0.2, 0.25) is 0 Å². The number of hydrogen-bond donors (Lipinski definition) is 1. The number of hydrogen-bond acceptors (Lipinski definition) is 2. The molecule has 2 heteroatoms. The highest BCUT2D eigenvalue weighted by atomic mass is 32.1. The van der Waals surface area contributed by atoms with Crippen molar-refractivity contribution in [1.82, 2.24) is 5.32 Å². The van der Waals surface area contributed by atoms with Gasteiger partial charge in [0.05, 0.1) is 0 Å². The molecular formula is C17H29NS. The highest BCUT2D eigenvalue weighted by Crippen LogP contribution is 2.39. The lowest BCUT2D eigenvalue weighted by atomic mass is 9.70. The van der Waals surface area contributed by atoms with E-state index in [1.54, 1.807) is 0 Å². The number of rotatable bonds is 4. The normalized spacial score (nSPS) is 26.3. The number of nitrogens with one attached hydrogen (secondary N) is 1. The third kappa shape index (κ3) is 4.32. The zero-order chi connectivity index (χ0) is 13.9. The van der Waals surface area contributed by atoms with Crippen LogP contribution in [0.15, 0.2) is 17.5 Å². The van der Waals surface area contributed by atoms with Crippen LogP contribution in [0, 0.1) is 17.3 Å². The van der Waals surface area contributed by atoms with Gasteiger partial charge in [-0.1, -0.05) is 26.8 Å². The third-order valence-corrected chi connectivity index (χ3v) is 5.81. The summed E-state index contributed by atoms with van der Waals surface area (Å²) in [5.41, 5.74) is 0.503. The van der Waals surface area contributed by atoms with Gasteiger partial charge in [-0.2, -0.15) is 0 Å². The largest absolute Gasteiger partial charge is 0.309 e. The van der Waals surface area contributed by atoms with Crippen molar-refractivity contribution in [2.24, 2.45) is 17.3 Å². The van der Waals surface area contributed by atoms with E-state index in [1.165, 1.54) is 37.1 Å². The predicted molar refractivity (Wildman–Crippen MR) is 85.6 cm³/mol. The molecule has 1 N–H and O–H groups in total. The molecule has 0 spiro atoms. The maximum atomic E-state index is 3.72. The van der Waals surface area contributed by atoms with Crippen LogP contribution in [0.25, 0.3) is 0 Å². The summed E-state index contributed by atoms with van der Waals surface area (Å²) < 4.78 is 0. The van der Waals surface area contributed by atoms with Gasteiger partial charge in [-0.25, -0.2) is 0 Å². The molecule has 0 aromatic carbocycles. The van der Waals surface area contributed by atoms with Crippen molar-refractivity contribution in [3.63, 3.8) is 0 Å². The van der Waals surface area contributed by atoms with Gasteiger partial charge in [-0.05, 0) is 67.8 Å². The average Bonchev–Trinajstić information content (AvgIpc) is 2.89. The van der Waals surface area contributed by atoms with E-state index in [9.17, 15) is 0 Å². The van der Waals surface area contributed by atoms with E-state index < -0.39 is 0 Å². The zero-order valence-corrected chi connectivity index (χ0v) is 13.7. The van der Waals surface area contributed by atoms with Crippen LogP contribution in [0.2, 0.25) is 0 Å². The SMILES string of the molecule is C[C@@H](NCC1CCC(C(C)(C)C)CC1)c1cccs1. The molecule has 1 aliphatic carbocycles. The molecule has 19 heavy (non-hydrogen) atoms. The zero-order valence-electron chi connectivity index (χ0n) is 12.9. The van der Waals surface area contributed by atoms with Crippen molar-refractivity contribution in [1.29, 1.82) is 0 Å². The first kappa shape index (κ1) is 15.1. The van der Waals surface area contributed by atoms with Crippen LogP contribution in [0.5, 0.6) is 0 Å². The first-order valence-electron chi connectivity index (χ1n) is 7.73. The first-order chi connectivity index (χ1) is 8.97. The summed E-state index contributed by atoms with van der Waals surface area (Å²) in [5, 5.41) is 5.89. The summed E-state index contributed by atoms with van der Waals surface area (Å²) in [5.74, 6) is 1.82. The van der Waals surface area contributed by atoms with E-state index >= 15 is 0 Å². The van der Waals surface area contributed by atoms with Crippen LogP contribution in [-0.2, 0) is 0 Å². The van der Waals surface area contributed by atoms with Crippen molar-refractivity contribution >= 4 is 11.3 Å². The molecule has 0 bridgehead atoms. The Balaban J connectivity index is 1.71. The van der Waals surface area contributed by atoms with E-state index in [-0.39, 0.29) is 0 Å². The molecule has 0 aliphatic heterocycles. The van der Waals surface area contributed by atoms with Crippen LogP contribution in [-0.4, -0.2) is 6.54 Å². The lowest BCUT2D eigenvalue weighted by Gasteiger charge is -2.37. The van der Waals surface area contributed by atoms with Crippen LogP contribution in [0.4, 0.5) is 0 Å². The van der Waals surface area contributed by atoms with Crippen molar-refractivity contribution < 1.29 is 0 Å². The summed E-state index contributed by atoms with van der Waals surface area (Å²) >= 11 is 1.86. The van der Waals surface area contributed by atoms with Gasteiger partial charge >= 0.3 is 0 Å². The molecule has 1 nitrogen and oxygen atoms in total. The van der Waals surface area contributed by atoms with Crippen molar-refractivity contribution in [2.45, 2.75) is 59.4 Å². The van der Waals surface area contributed by atoms with Crippen molar-refractivity contribution in [3.05, 3.63) is 22.4 Å². The Hall–Kier alpha value is -0.340. The van der Waals surface area contributed by atoms with Gasteiger partial charge in [0, 0.05) is 10.9 Å². The minimum atomic E-state index is 0.503. The molecule has 2 rings (SSSR count). The Morgan fingerprint density at radius 3 is 2.47 bits per heavy atom. The Bertz CT molecular complexity index is 355. The summed E-state index contributed by atoms with van der Waals surface area (Å²) in [4.78, 5) is 1.46. The van der Waals surface area contributed by atoms with Crippen molar-refractivity contribution in [2.75, 3.05) is 6.54 Å². The standard InChI is InChI=1S/C17H29NS/c1-13(16-6-5-11-19-16)18-12-14-7-9-15(10-8-14)17(2,3)4/h5-6,11,13-15,18H,7-10,12H2,1-4H3/t13-,14?,15?/m1/s1. The fourth-order valence-electron chi connectivity index (χ4n) is 3.21. The minimum Gasteiger partial charge on any atom is -0.309 e. The summed E-state index contributed by atoms with van der Waals surface area (Å²) in [6.07, 6.45) is 5.66. The topological polar surface area (TPSA) is 12.0 Å². The molecular weight excluding hydrogens is 250 g/mol. The first-order valence-corrected chi connectivity index (χ1v) is 8.61. The highest BCUT2D eigenvalue weighted by molar-refractivity contribution is 7.10. The van der Waals surface area contributed by atoms with Crippen LogP contribution in [0.3, 0.4) is 0 Å². The smallest absolute Gasteiger partial charge is 0.0386 e. The molecule has 0 unspecified atom stereocenters. The maximum absolute atomic E-state index is 3.72. The molecule has 1 heterocycles. The lowest BCUT2D eigenvalue weighted by molar-refractivity contribution is 0.148. The van der Waals surface area contributed by atoms with Gasteiger partial charge in [0.1, 0.15) is 0 Å². The molecule has 1 aromatic rings. The van der Waals surface area contributed by atoms with Gasteiger partial charge < -0.3 is 5.32 Å². The van der Waals surface area contributed by atoms with E-state index in [1.807, 2.05) is 11.3 Å². The van der Waals surface area contributed by atoms with Gasteiger partial charge in [-0.15, -0.1) is 11.3 Å². The highest BCUT2D eigenvalue weighted by Gasteiger charge is 2.29. The molecule has 0 radical (unpaired) electrons. The average molecular weight is 279 g/mol. The minimum absolute atomic E-state index is 0.503. The summed E-state index contributed by atoms with van der Waals surface area (Å²) in [6, 6.07) is 4.89. The van der Waals surface area contributed by atoms with Crippen LogP contribution in [0.1, 0.15) is 64.3 Å². The van der Waals surface area contributed by atoms with E-state index in [2.05, 4.69) is 50.5 Å². The maximum Gasteiger partial charge on any atom is 0.0386 e. The van der Waals surface area contributed by atoms with E-state index in [0.29, 0.717) is 11.5 Å². The van der Waals surface area contributed by atoms with Crippen molar-refractivity contribution in [3.8, 4) is 0 Å². The second-order valence-electron chi connectivity index (χ2n) is 7.23. The summed E-state index contributed by atoms with van der Waals surface area (Å²) in [6.45, 7) is 10.7. The van der Waals surface area contributed by atoms with Gasteiger partial charge in [0.15, 0.2) is 0 Å². The predicted octanol–water partition coefficient (Wildman–Crippen LogP) is 5.25. The molecule has 1 aromatic heterocycles. The number of thiophene rings is 1. The Morgan fingerprint density at radius 1 is 1.26 bits per heavy atom. The fourth-order valence-corrected chi connectivity index (χ4v) is 3.97.